The van der Waals surface area contributed by atoms with Gasteiger partial charge < -0.3 is 4.52 Å². The van der Waals surface area contributed by atoms with E-state index in [1.807, 2.05) is 71.7 Å². The maximum Gasteiger partial charge on any atom is 0.250 e. The number of rotatable bonds is 4. The highest BCUT2D eigenvalue weighted by Crippen LogP contribution is 2.24. The van der Waals surface area contributed by atoms with Crippen molar-refractivity contribution in [1.29, 1.82) is 0 Å². The summed E-state index contributed by atoms with van der Waals surface area (Å²) in [5.41, 5.74) is 3.01. The monoisotopic (exact) mass is 334 g/mol. The molecule has 0 N–H and O–H groups in total. The number of thiophene rings is 1. The van der Waals surface area contributed by atoms with E-state index in [9.17, 15) is 0 Å². The summed E-state index contributed by atoms with van der Waals surface area (Å²) >= 11 is 1.66. The van der Waals surface area contributed by atoms with Crippen molar-refractivity contribution >= 4 is 23.5 Å². The van der Waals surface area contributed by atoms with E-state index in [1.54, 1.807) is 17.5 Å². The minimum atomic E-state index is 0.490. The first-order valence-corrected chi connectivity index (χ1v) is 8.32. The minimum Gasteiger partial charge on any atom is -0.334 e. The van der Waals surface area contributed by atoms with Crippen LogP contribution in [0.5, 0.6) is 0 Å². The highest BCUT2D eigenvalue weighted by molar-refractivity contribution is 7.10. The standard InChI is InChI=1S/C18H14N4OS/c1-22-16(9-10-19-22)13-4-2-5-14(12-13)18-20-17(23-21-18)8-7-15-6-3-11-24-15/h2-12H,1H3/b8-7+. The molecular formula is C18H14N4OS. The molecular weight excluding hydrogens is 320 g/mol. The Balaban J connectivity index is 1.62. The molecule has 0 atom stereocenters. The van der Waals surface area contributed by atoms with Gasteiger partial charge in [-0.25, -0.2) is 0 Å². The molecule has 3 aromatic heterocycles. The van der Waals surface area contributed by atoms with Crippen molar-refractivity contribution in [3.63, 3.8) is 0 Å². The number of nitrogens with zero attached hydrogens (tertiary/aromatic N) is 4. The average molecular weight is 334 g/mol. The Labute approximate surface area is 142 Å². The van der Waals surface area contributed by atoms with Gasteiger partial charge in [0.25, 0.3) is 5.89 Å². The molecule has 0 spiro atoms. The van der Waals surface area contributed by atoms with Gasteiger partial charge in [-0.2, -0.15) is 10.1 Å². The molecule has 4 aromatic rings. The van der Waals surface area contributed by atoms with Crippen LogP contribution in [0.15, 0.2) is 58.6 Å². The molecule has 118 valence electrons. The highest BCUT2D eigenvalue weighted by atomic mass is 32.1. The van der Waals surface area contributed by atoms with Gasteiger partial charge >= 0.3 is 0 Å². The molecule has 24 heavy (non-hydrogen) atoms. The lowest BCUT2D eigenvalue weighted by molar-refractivity contribution is 0.411. The third-order valence-electron chi connectivity index (χ3n) is 3.61. The molecule has 0 aliphatic carbocycles. The summed E-state index contributed by atoms with van der Waals surface area (Å²) in [4.78, 5) is 5.59. The van der Waals surface area contributed by atoms with Gasteiger partial charge in [-0.05, 0) is 29.7 Å². The molecule has 1 aromatic carbocycles. The van der Waals surface area contributed by atoms with Crippen molar-refractivity contribution in [1.82, 2.24) is 19.9 Å². The molecule has 0 aliphatic rings. The van der Waals surface area contributed by atoms with Crippen LogP contribution < -0.4 is 0 Å². The first kappa shape index (κ1) is 14.6. The largest absolute Gasteiger partial charge is 0.334 e. The zero-order valence-corrected chi connectivity index (χ0v) is 13.8. The number of benzene rings is 1. The van der Waals surface area contributed by atoms with Crippen molar-refractivity contribution in [3.8, 4) is 22.6 Å². The second kappa shape index (κ2) is 6.25. The summed E-state index contributed by atoms with van der Waals surface area (Å²) < 4.78 is 7.15. The Morgan fingerprint density at radius 3 is 2.79 bits per heavy atom. The van der Waals surface area contributed by atoms with Gasteiger partial charge in [-0.15, -0.1) is 11.3 Å². The number of aromatic nitrogens is 4. The summed E-state index contributed by atoms with van der Waals surface area (Å²) in [6.45, 7) is 0. The van der Waals surface area contributed by atoms with Crippen LogP contribution in [-0.2, 0) is 7.05 Å². The Morgan fingerprint density at radius 1 is 1.08 bits per heavy atom. The molecule has 6 heteroatoms. The van der Waals surface area contributed by atoms with Crippen LogP contribution in [0.4, 0.5) is 0 Å². The minimum absolute atomic E-state index is 0.490. The fourth-order valence-corrected chi connectivity index (χ4v) is 3.05. The van der Waals surface area contributed by atoms with Crippen molar-refractivity contribution in [2.24, 2.45) is 7.05 Å². The second-order valence-corrected chi connectivity index (χ2v) is 6.21. The van der Waals surface area contributed by atoms with Crippen LogP contribution >= 0.6 is 11.3 Å². The predicted octanol–water partition coefficient (Wildman–Crippen LogP) is 4.37. The first-order valence-electron chi connectivity index (χ1n) is 7.44. The fraction of sp³-hybridized carbons (Fsp3) is 0.0556. The van der Waals surface area contributed by atoms with Crippen LogP contribution in [0, 0.1) is 0 Å². The summed E-state index contributed by atoms with van der Waals surface area (Å²) in [6, 6.07) is 14.0. The number of hydrogen-bond acceptors (Lipinski definition) is 5. The fourth-order valence-electron chi connectivity index (χ4n) is 2.43. The summed E-state index contributed by atoms with van der Waals surface area (Å²) in [5, 5.41) is 10.3. The van der Waals surface area contributed by atoms with Crippen molar-refractivity contribution in [2.75, 3.05) is 0 Å². The average Bonchev–Trinajstić information content (AvgIpc) is 3.35. The second-order valence-electron chi connectivity index (χ2n) is 5.23. The van der Waals surface area contributed by atoms with E-state index >= 15 is 0 Å². The lowest BCUT2D eigenvalue weighted by Crippen LogP contribution is -1.93. The molecule has 4 rings (SSSR count). The molecule has 0 unspecified atom stereocenters. The normalized spacial score (nSPS) is 11.4. The SMILES string of the molecule is Cn1nccc1-c1cccc(-c2noc(/C=C/c3cccs3)n2)c1. The van der Waals surface area contributed by atoms with Gasteiger partial charge in [0.15, 0.2) is 0 Å². The van der Waals surface area contributed by atoms with E-state index in [1.165, 1.54) is 0 Å². The van der Waals surface area contributed by atoms with E-state index in [0.717, 1.165) is 21.7 Å². The van der Waals surface area contributed by atoms with Gasteiger partial charge in [0, 0.05) is 35.3 Å². The van der Waals surface area contributed by atoms with Crippen LogP contribution in [0.3, 0.4) is 0 Å². The molecule has 0 saturated heterocycles. The zero-order valence-electron chi connectivity index (χ0n) is 13.0. The highest BCUT2D eigenvalue weighted by Gasteiger charge is 2.09. The maximum atomic E-state index is 5.31. The molecule has 0 amide bonds. The molecule has 0 aliphatic heterocycles. The Hall–Kier alpha value is -2.99. The Bertz CT molecular complexity index is 982. The van der Waals surface area contributed by atoms with Gasteiger partial charge in [0.1, 0.15) is 0 Å². The molecule has 0 saturated carbocycles. The molecule has 3 heterocycles. The van der Waals surface area contributed by atoms with Crippen LogP contribution in [0.25, 0.3) is 34.8 Å². The van der Waals surface area contributed by atoms with E-state index in [-0.39, 0.29) is 0 Å². The van der Waals surface area contributed by atoms with E-state index in [2.05, 4.69) is 15.2 Å². The lowest BCUT2D eigenvalue weighted by atomic mass is 10.1. The Morgan fingerprint density at radius 2 is 2.00 bits per heavy atom. The summed E-state index contributed by atoms with van der Waals surface area (Å²) in [5.74, 6) is 1.06. The first-order chi connectivity index (χ1) is 11.8. The van der Waals surface area contributed by atoms with Crippen molar-refractivity contribution in [2.45, 2.75) is 0 Å². The number of hydrogen-bond donors (Lipinski definition) is 0. The maximum absolute atomic E-state index is 5.31. The van der Waals surface area contributed by atoms with Crippen molar-refractivity contribution < 1.29 is 4.52 Å². The van der Waals surface area contributed by atoms with E-state index in [0.29, 0.717) is 11.7 Å². The van der Waals surface area contributed by atoms with Crippen molar-refractivity contribution in [3.05, 3.63) is 64.8 Å². The molecule has 0 fully saturated rings. The lowest BCUT2D eigenvalue weighted by Gasteiger charge is -2.03. The van der Waals surface area contributed by atoms with Gasteiger partial charge in [-0.3, -0.25) is 4.68 Å². The van der Waals surface area contributed by atoms with E-state index < -0.39 is 0 Å². The molecule has 5 nitrogen and oxygen atoms in total. The quantitative estimate of drug-likeness (QED) is 0.556. The number of aryl methyl sites for hydroxylation is 1. The zero-order chi connectivity index (χ0) is 16.4. The summed E-state index contributed by atoms with van der Waals surface area (Å²) in [6.07, 6.45) is 5.57. The summed E-state index contributed by atoms with van der Waals surface area (Å²) in [7, 11) is 1.92. The molecule has 0 bridgehead atoms. The van der Waals surface area contributed by atoms with Crippen LogP contribution in [0.2, 0.25) is 0 Å². The van der Waals surface area contributed by atoms with Gasteiger partial charge in [0.05, 0.1) is 5.69 Å². The van der Waals surface area contributed by atoms with Crippen LogP contribution in [0.1, 0.15) is 10.8 Å². The third kappa shape index (κ3) is 2.91. The Kier molecular flexibility index (Phi) is 3.80. The third-order valence-corrected chi connectivity index (χ3v) is 4.45. The van der Waals surface area contributed by atoms with Gasteiger partial charge in [-0.1, -0.05) is 29.4 Å². The topological polar surface area (TPSA) is 56.7 Å². The van der Waals surface area contributed by atoms with Crippen LogP contribution in [-0.4, -0.2) is 19.9 Å². The van der Waals surface area contributed by atoms with Gasteiger partial charge in [0.2, 0.25) is 5.82 Å². The predicted molar refractivity (Wildman–Crippen MR) is 95.2 cm³/mol. The molecule has 0 radical (unpaired) electrons. The smallest absolute Gasteiger partial charge is 0.250 e. The van der Waals surface area contributed by atoms with E-state index in [4.69, 9.17) is 4.52 Å².